The second-order valence-electron chi connectivity index (χ2n) is 20.1. The van der Waals surface area contributed by atoms with Gasteiger partial charge in [0.1, 0.15) is 0 Å². The molecular weight excluding hydrogens is 935 g/mol. The lowest BCUT2D eigenvalue weighted by molar-refractivity contribution is 0.996. The molecule has 5 heteroatoms. The Morgan fingerprint density at radius 1 is 0.247 bits per heavy atom. The summed E-state index contributed by atoms with van der Waals surface area (Å²) in [7, 11) is 0. The first-order valence-electron chi connectivity index (χ1n) is 26.3. The Labute approximate surface area is 443 Å². The maximum Gasteiger partial charge on any atom is 0.235 e. The monoisotopic (exact) mass is 979 g/mol. The lowest BCUT2D eigenvalue weighted by Gasteiger charge is -2.14. The fourth-order valence-electron chi connectivity index (χ4n) is 12.5. The van der Waals surface area contributed by atoms with Gasteiger partial charge in [-0.3, -0.25) is 4.57 Å². The summed E-state index contributed by atoms with van der Waals surface area (Å²) in [5.74, 6) is 0.617. The number of fused-ring (bicyclic) bond motifs is 12. The van der Waals surface area contributed by atoms with Gasteiger partial charge in [0.25, 0.3) is 0 Å². The Hall–Kier alpha value is -10.4. The molecule has 0 saturated heterocycles. The van der Waals surface area contributed by atoms with E-state index in [1.54, 1.807) is 0 Å². The van der Waals surface area contributed by atoms with Crippen molar-refractivity contribution >= 4 is 87.0 Å². The second-order valence-corrected chi connectivity index (χ2v) is 20.1. The first-order valence-corrected chi connectivity index (χ1v) is 26.3. The van der Waals surface area contributed by atoms with E-state index in [9.17, 15) is 0 Å². The molecule has 0 saturated carbocycles. The molecule has 4 heterocycles. The standard InChI is InChI=1S/C72H45N5/c1-2-18-46(19-3-1)47-38-40-48(41-39-47)51-24-14-25-52(44-51)75-62-33-11-9-29-58(62)70-67(75)42-43-68-71(70)59-30-10-12-34-63(59)76(68)65-36-17-37-66-69(65)57-28-8-13-35-64(57)77(66)72-73-60(55-31-15-22-49-20-4-6-26-53(49)55)45-61(74-72)56-32-16-23-50-21-5-7-27-54(50)56/h1-45H. The quantitative estimate of drug-likeness (QED) is 0.160. The molecule has 358 valence electrons. The van der Waals surface area contributed by atoms with Gasteiger partial charge in [0.15, 0.2) is 0 Å². The first kappa shape index (κ1) is 43.1. The van der Waals surface area contributed by atoms with E-state index in [0.717, 1.165) is 77.5 Å². The van der Waals surface area contributed by atoms with Crippen molar-refractivity contribution in [3.63, 3.8) is 0 Å². The fourth-order valence-corrected chi connectivity index (χ4v) is 12.5. The van der Waals surface area contributed by atoms with Gasteiger partial charge < -0.3 is 9.13 Å². The van der Waals surface area contributed by atoms with Crippen LogP contribution in [0, 0.1) is 0 Å². The number of aromatic nitrogens is 5. The van der Waals surface area contributed by atoms with E-state index < -0.39 is 0 Å². The molecule has 0 unspecified atom stereocenters. The Balaban J connectivity index is 0.918. The number of benzene rings is 12. The minimum atomic E-state index is 0.617. The molecule has 4 aromatic heterocycles. The van der Waals surface area contributed by atoms with Gasteiger partial charge in [0.05, 0.1) is 50.2 Å². The van der Waals surface area contributed by atoms with E-state index >= 15 is 0 Å². The van der Waals surface area contributed by atoms with Crippen LogP contribution in [0.1, 0.15) is 0 Å². The van der Waals surface area contributed by atoms with Crippen molar-refractivity contribution in [3.8, 4) is 62.1 Å². The highest BCUT2D eigenvalue weighted by Gasteiger charge is 2.25. The van der Waals surface area contributed by atoms with Crippen molar-refractivity contribution < 1.29 is 0 Å². The van der Waals surface area contributed by atoms with Gasteiger partial charge in [-0.1, -0.05) is 212 Å². The van der Waals surface area contributed by atoms with Gasteiger partial charge in [-0.05, 0) is 104 Å². The molecule has 0 atom stereocenters. The minimum absolute atomic E-state index is 0.617. The van der Waals surface area contributed by atoms with Crippen LogP contribution in [0.4, 0.5) is 0 Å². The molecule has 16 rings (SSSR count). The van der Waals surface area contributed by atoms with Crippen LogP contribution in [0.15, 0.2) is 273 Å². The molecule has 0 spiro atoms. The van der Waals surface area contributed by atoms with E-state index in [-0.39, 0.29) is 0 Å². The number of rotatable bonds is 7. The van der Waals surface area contributed by atoms with Crippen LogP contribution >= 0.6 is 0 Å². The third-order valence-electron chi connectivity index (χ3n) is 15.9. The van der Waals surface area contributed by atoms with Crippen molar-refractivity contribution in [2.75, 3.05) is 0 Å². The zero-order valence-corrected chi connectivity index (χ0v) is 41.7. The smallest absolute Gasteiger partial charge is 0.235 e. The van der Waals surface area contributed by atoms with E-state index in [0.29, 0.717) is 5.95 Å². The Morgan fingerprint density at radius 3 is 1.29 bits per heavy atom. The molecule has 0 aliphatic carbocycles. The van der Waals surface area contributed by atoms with Gasteiger partial charge in [-0.2, -0.15) is 0 Å². The Kier molecular flexibility index (Phi) is 9.57. The summed E-state index contributed by atoms with van der Waals surface area (Å²) < 4.78 is 7.22. The van der Waals surface area contributed by atoms with Gasteiger partial charge in [-0.15, -0.1) is 0 Å². The molecule has 0 bridgehead atoms. The Bertz CT molecular complexity index is 4930. The molecule has 12 aromatic carbocycles. The van der Waals surface area contributed by atoms with Crippen molar-refractivity contribution in [1.82, 2.24) is 23.7 Å². The van der Waals surface area contributed by atoms with Gasteiger partial charge in [-0.25, -0.2) is 9.97 Å². The predicted molar refractivity (Wildman–Crippen MR) is 322 cm³/mol. The normalized spacial score (nSPS) is 11.9. The lowest BCUT2D eigenvalue weighted by atomic mass is 9.99. The van der Waals surface area contributed by atoms with Crippen LogP contribution in [-0.4, -0.2) is 23.7 Å². The highest BCUT2D eigenvalue weighted by atomic mass is 15.2. The average Bonchev–Trinajstić information content (AvgIpc) is 4.26. The average molecular weight is 980 g/mol. The number of hydrogen-bond donors (Lipinski definition) is 0. The highest BCUT2D eigenvalue weighted by Crippen LogP contribution is 2.45. The maximum absolute atomic E-state index is 5.56. The molecule has 0 aliphatic heterocycles. The van der Waals surface area contributed by atoms with Crippen LogP contribution < -0.4 is 0 Å². The van der Waals surface area contributed by atoms with Gasteiger partial charge in [0, 0.05) is 49.1 Å². The van der Waals surface area contributed by atoms with E-state index in [1.165, 1.54) is 65.6 Å². The van der Waals surface area contributed by atoms with Crippen LogP contribution in [0.5, 0.6) is 0 Å². The SMILES string of the molecule is c1ccc(-c2ccc(-c3cccc(-n4c5ccccc5c5c6c7ccccc7n(-c7cccc8c7c7ccccc7n8-c7nc(-c8cccc9ccccc89)cc(-c8cccc9ccccc89)n7)c6ccc54)c3)cc2)cc1. The van der Waals surface area contributed by atoms with Crippen LogP contribution in [0.2, 0.25) is 0 Å². The zero-order valence-electron chi connectivity index (χ0n) is 41.7. The molecular formula is C72H45N5. The summed E-state index contributed by atoms with van der Waals surface area (Å²) in [5, 5.41) is 11.8. The number of hydrogen-bond acceptors (Lipinski definition) is 2. The largest absolute Gasteiger partial charge is 0.309 e. The second kappa shape index (κ2) is 17.1. The van der Waals surface area contributed by atoms with Crippen molar-refractivity contribution in [2.24, 2.45) is 0 Å². The van der Waals surface area contributed by atoms with Crippen LogP contribution in [-0.2, 0) is 0 Å². The Morgan fingerprint density at radius 2 is 0.662 bits per heavy atom. The summed E-state index contributed by atoms with van der Waals surface area (Å²) in [5.41, 5.74) is 17.5. The summed E-state index contributed by atoms with van der Waals surface area (Å²) in [4.78, 5) is 11.1. The van der Waals surface area contributed by atoms with E-state index in [2.05, 4.69) is 287 Å². The minimum Gasteiger partial charge on any atom is -0.309 e. The van der Waals surface area contributed by atoms with E-state index in [4.69, 9.17) is 9.97 Å². The van der Waals surface area contributed by atoms with Crippen LogP contribution in [0.25, 0.3) is 149 Å². The fraction of sp³-hybridized carbons (Fsp3) is 0. The lowest BCUT2D eigenvalue weighted by Crippen LogP contribution is -2.04. The summed E-state index contributed by atoms with van der Waals surface area (Å²) in [6.07, 6.45) is 0. The molecule has 0 amide bonds. The summed E-state index contributed by atoms with van der Waals surface area (Å²) in [6.45, 7) is 0. The number of para-hydroxylation sites is 3. The topological polar surface area (TPSA) is 40.6 Å². The summed E-state index contributed by atoms with van der Waals surface area (Å²) in [6, 6.07) is 98.7. The third-order valence-corrected chi connectivity index (χ3v) is 15.9. The molecule has 16 aromatic rings. The van der Waals surface area contributed by atoms with Crippen molar-refractivity contribution in [1.29, 1.82) is 0 Å². The van der Waals surface area contributed by atoms with Crippen molar-refractivity contribution in [3.05, 3.63) is 273 Å². The zero-order chi connectivity index (χ0) is 50.6. The van der Waals surface area contributed by atoms with Gasteiger partial charge in [0.2, 0.25) is 5.95 Å². The molecule has 5 nitrogen and oxygen atoms in total. The summed E-state index contributed by atoms with van der Waals surface area (Å²) >= 11 is 0. The molecule has 0 N–H and O–H groups in total. The van der Waals surface area contributed by atoms with E-state index in [1.807, 2.05) is 0 Å². The van der Waals surface area contributed by atoms with Crippen molar-refractivity contribution in [2.45, 2.75) is 0 Å². The highest BCUT2D eigenvalue weighted by molar-refractivity contribution is 6.29. The molecule has 0 fully saturated rings. The number of nitrogens with zero attached hydrogens (tertiary/aromatic N) is 5. The molecule has 77 heavy (non-hydrogen) atoms. The first-order chi connectivity index (χ1) is 38.2. The predicted octanol–water partition coefficient (Wildman–Crippen LogP) is 18.7. The maximum atomic E-state index is 5.56. The molecule has 0 radical (unpaired) electrons. The van der Waals surface area contributed by atoms with Gasteiger partial charge >= 0.3 is 0 Å². The molecule has 0 aliphatic rings. The van der Waals surface area contributed by atoms with Crippen LogP contribution in [0.3, 0.4) is 0 Å². The third kappa shape index (κ3) is 6.67.